The van der Waals surface area contributed by atoms with E-state index in [2.05, 4.69) is 0 Å². The maximum atomic E-state index is 5.75. The number of benzene rings is 3. The van der Waals surface area contributed by atoms with Gasteiger partial charge in [-0.2, -0.15) is 0 Å². The summed E-state index contributed by atoms with van der Waals surface area (Å²) in [6, 6.07) is 29.3. The molecular formula is C21H21B3O6. The van der Waals surface area contributed by atoms with Crippen LogP contribution < -0.4 is 0 Å². The molecule has 0 N–H and O–H groups in total. The zero-order chi connectivity index (χ0) is 20.4. The van der Waals surface area contributed by atoms with Crippen molar-refractivity contribution in [2.45, 2.75) is 19.8 Å². The van der Waals surface area contributed by atoms with Crippen molar-refractivity contribution in [1.82, 2.24) is 0 Å². The van der Waals surface area contributed by atoms with Gasteiger partial charge >= 0.3 is 22.0 Å². The van der Waals surface area contributed by atoms with Crippen LogP contribution in [0.1, 0.15) is 16.7 Å². The van der Waals surface area contributed by atoms with E-state index in [1.54, 1.807) is 0 Å². The number of hydrogen-bond acceptors (Lipinski definition) is 6. The molecule has 0 saturated carbocycles. The Morgan fingerprint density at radius 2 is 0.700 bits per heavy atom. The van der Waals surface area contributed by atoms with E-state index in [9.17, 15) is 0 Å². The maximum Gasteiger partial charge on any atom is 0.615 e. The summed E-state index contributed by atoms with van der Waals surface area (Å²) in [6.07, 6.45) is 0. The van der Waals surface area contributed by atoms with E-state index in [1.165, 1.54) is 0 Å². The molecule has 3 aromatic carbocycles. The summed E-state index contributed by atoms with van der Waals surface area (Å²) >= 11 is 0. The largest absolute Gasteiger partial charge is 0.615 e. The molecule has 4 rings (SSSR count). The van der Waals surface area contributed by atoms with Gasteiger partial charge in [0, 0.05) is 0 Å². The second kappa shape index (κ2) is 11.1. The second-order valence-corrected chi connectivity index (χ2v) is 6.66. The van der Waals surface area contributed by atoms with Gasteiger partial charge in [-0.3, -0.25) is 0 Å². The third-order valence-electron chi connectivity index (χ3n) is 4.35. The van der Waals surface area contributed by atoms with Crippen molar-refractivity contribution in [3.63, 3.8) is 0 Å². The summed E-state index contributed by atoms with van der Waals surface area (Å²) < 4.78 is 34.2. The van der Waals surface area contributed by atoms with Crippen LogP contribution in [0.2, 0.25) is 0 Å². The van der Waals surface area contributed by atoms with Crippen molar-refractivity contribution in [3.8, 4) is 0 Å². The normalized spacial score (nSPS) is 14.2. The predicted octanol–water partition coefficient (Wildman–Crippen LogP) is 3.65. The average molecular weight is 402 g/mol. The first-order chi connectivity index (χ1) is 14.8. The summed E-state index contributed by atoms with van der Waals surface area (Å²) in [5.74, 6) is 0. The van der Waals surface area contributed by atoms with Crippen LogP contribution in [-0.4, -0.2) is 22.0 Å². The second-order valence-electron chi connectivity index (χ2n) is 6.66. The smallest absolute Gasteiger partial charge is 0.400 e. The molecule has 0 radical (unpaired) electrons. The van der Waals surface area contributed by atoms with Gasteiger partial charge in [0.1, 0.15) is 0 Å². The Hall–Kier alpha value is -2.39. The van der Waals surface area contributed by atoms with Gasteiger partial charge in [0.05, 0.1) is 19.8 Å². The first-order valence-corrected chi connectivity index (χ1v) is 9.78. The third kappa shape index (κ3) is 6.57. The first kappa shape index (κ1) is 20.9. The van der Waals surface area contributed by atoms with E-state index in [4.69, 9.17) is 27.7 Å². The average Bonchev–Trinajstić information content (AvgIpc) is 2.82. The van der Waals surface area contributed by atoms with E-state index < -0.39 is 22.0 Å². The monoisotopic (exact) mass is 402 g/mol. The Balaban J connectivity index is 1.34. The van der Waals surface area contributed by atoms with Gasteiger partial charge in [-0.05, 0) is 16.7 Å². The minimum Gasteiger partial charge on any atom is -0.400 e. The molecule has 150 valence electrons. The van der Waals surface area contributed by atoms with Gasteiger partial charge in [0.25, 0.3) is 0 Å². The molecule has 0 spiro atoms. The van der Waals surface area contributed by atoms with Gasteiger partial charge in [0.15, 0.2) is 0 Å². The lowest BCUT2D eigenvalue weighted by Gasteiger charge is -2.28. The highest BCUT2D eigenvalue weighted by molar-refractivity contribution is 6.66. The van der Waals surface area contributed by atoms with Crippen LogP contribution in [0, 0.1) is 0 Å². The van der Waals surface area contributed by atoms with Crippen LogP contribution in [0.3, 0.4) is 0 Å². The van der Waals surface area contributed by atoms with Crippen LogP contribution in [0.15, 0.2) is 91.0 Å². The van der Waals surface area contributed by atoms with Gasteiger partial charge in [-0.15, -0.1) is 0 Å². The van der Waals surface area contributed by atoms with Gasteiger partial charge in [-0.25, -0.2) is 0 Å². The van der Waals surface area contributed by atoms with E-state index in [-0.39, 0.29) is 0 Å². The molecule has 0 unspecified atom stereocenters. The minimum absolute atomic E-state index is 0.322. The lowest BCUT2D eigenvalue weighted by Crippen LogP contribution is -2.52. The Morgan fingerprint density at radius 1 is 0.433 bits per heavy atom. The van der Waals surface area contributed by atoms with Crippen LogP contribution >= 0.6 is 0 Å². The standard InChI is InChI=1S/C21H21B3O6/c1-4-10-19(11-5-1)16-25-22-28-23(26-17-20-12-6-2-7-13-20)30-24(29-22)27-18-21-14-8-3-9-15-21/h1-15H,16-18H2. The summed E-state index contributed by atoms with van der Waals surface area (Å²) in [4.78, 5) is 0. The molecule has 1 heterocycles. The van der Waals surface area contributed by atoms with Crippen molar-refractivity contribution in [3.05, 3.63) is 108 Å². The fourth-order valence-corrected chi connectivity index (χ4v) is 2.82. The molecule has 1 saturated heterocycles. The molecule has 0 aromatic heterocycles. The summed E-state index contributed by atoms with van der Waals surface area (Å²) in [5.41, 5.74) is 3.00. The summed E-state index contributed by atoms with van der Waals surface area (Å²) in [7, 11) is -2.96. The fourth-order valence-electron chi connectivity index (χ4n) is 2.82. The zero-order valence-electron chi connectivity index (χ0n) is 16.5. The zero-order valence-corrected chi connectivity index (χ0v) is 16.5. The van der Waals surface area contributed by atoms with E-state index in [1.807, 2.05) is 91.0 Å². The molecule has 6 nitrogen and oxygen atoms in total. The summed E-state index contributed by atoms with van der Waals surface area (Å²) in [6.45, 7) is 0.965. The molecule has 0 bridgehead atoms. The van der Waals surface area contributed by atoms with Gasteiger partial charge in [0.2, 0.25) is 0 Å². The molecule has 1 aliphatic rings. The topological polar surface area (TPSA) is 55.4 Å². The predicted molar refractivity (Wildman–Crippen MR) is 114 cm³/mol. The molecule has 1 aliphatic heterocycles. The van der Waals surface area contributed by atoms with Crippen molar-refractivity contribution >= 4 is 22.0 Å². The molecule has 1 fully saturated rings. The molecule has 3 aromatic rings. The van der Waals surface area contributed by atoms with Crippen molar-refractivity contribution < 1.29 is 27.7 Å². The quantitative estimate of drug-likeness (QED) is 0.510. The van der Waals surface area contributed by atoms with Crippen LogP contribution in [0.25, 0.3) is 0 Å². The molecule has 9 heteroatoms. The lowest BCUT2D eigenvalue weighted by molar-refractivity contribution is 0.0584. The highest BCUT2D eigenvalue weighted by Gasteiger charge is 2.46. The molecule has 30 heavy (non-hydrogen) atoms. The number of hydrogen-bond donors (Lipinski definition) is 0. The van der Waals surface area contributed by atoms with E-state index in [0.717, 1.165) is 16.7 Å². The SMILES string of the molecule is c1ccc(COB2OB(OCc3ccccc3)OB(OCc3ccccc3)O2)cc1. The Labute approximate surface area is 177 Å². The van der Waals surface area contributed by atoms with Crippen LogP contribution in [0.4, 0.5) is 0 Å². The fraction of sp³-hybridized carbons (Fsp3) is 0.143. The minimum atomic E-state index is -0.986. The Kier molecular flexibility index (Phi) is 7.74. The van der Waals surface area contributed by atoms with Crippen molar-refractivity contribution in [1.29, 1.82) is 0 Å². The van der Waals surface area contributed by atoms with Crippen LogP contribution in [0.5, 0.6) is 0 Å². The molecule has 0 amide bonds. The Morgan fingerprint density at radius 3 is 0.967 bits per heavy atom. The van der Waals surface area contributed by atoms with E-state index in [0.29, 0.717) is 19.8 Å². The third-order valence-corrected chi connectivity index (χ3v) is 4.35. The molecule has 0 atom stereocenters. The lowest BCUT2D eigenvalue weighted by atomic mass is 9.96. The molecular weight excluding hydrogens is 381 g/mol. The van der Waals surface area contributed by atoms with Crippen molar-refractivity contribution in [2.24, 2.45) is 0 Å². The maximum absolute atomic E-state index is 5.75. The van der Waals surface area contributed by atoms with Crippen molar-refractivity contribution in [2.75, 3.05) is 0 Å². The highest BCUT2D eigenvalue weighted by Crippen LogP contribution is 2.16. The number of rotatable bonds is 9. The highest BCUT2D eigenvalue weighted by atomic mass is 16.9. The van der Waals surface area contributed by atoms with Crippen LogP contribution in [-0.2, 0) is 47.5 Å². The van der Waals surface area contributed by atoms with E-state index >= 15 is 0 Å². The Bertz CT molecular complexity index is 748. The van der Waals surface area contributed by atoms with Gasteiger partial charge in [-0.1, -0.05) is 91.0 Å². The van der Waals surface area contributed by atoms with Gasteiger partial charge < -0.3 is 27.7 Å². The first-order valence-electron chi connectivity index (χ1n) is 9.78. The summed E-state index contributed by atoms with van der Waals surface area (Å²) in [5, 5.41) is 0. The molecule has 0 aliphatic carbocycles.